The molecule has 0 heterocycles. The summed E-state index contributed by atoms with van der Waals surface area (Å²) >= 11 is 3.32. The molecule has 0 aliphatic heterocycles. The molecule has 1 rings (SSSR count). The number of unbranched alkanes of at least 4 members (excludes halogenated alkanes) is 2. The van der Waals surface area contributed by atoms with Gasteiger partial charge in [0.15, 0.2) is 5.78 Å². The van der Waals surface area contributed by atoms with Gasteiger partial charge in [0.05, 0.1) is 17.3 Å². The van der Waals surface area contributed by atoms with Crippen LogP contribution in [-0.2, 0) is 19.7 Å². The second-order valence-electron chi connectivity index (χ2n) is 7.00. The predicted molar refractivity (Wildman–Crippen MR) is 110 cm³/mol. The summed E-state index contributed by atoms with van der Waals surface area (Å²) in [5, 5.41) is 3.83. The lowest BCUT2D eigenvalue weighted by Gasteiger charge is -2.28. The van der Waals surface area contributed by atoms with Gasteiger partial charge >= 0.3 is 5.97 Å². The number of ether oxygens (including phenoxy) is 1. The fourth-order valence-corrected chi connectivity index (χ4v) is 3.78. The van der Waals surface area contributed by atoms with Crippen molar-refractivity contribution in [2.45, 2.75) is 64.4 Å². The molecule has 1 aromatic carbocycles. The first-order valence-electron chi connectivity index (χ1n) is 9.18. The van der Waals surface area contributed by atoms with Gasteiger partial charge in [-0.15, -0.1) is 0 Å². The molecule has 2 atom stereocenters. The van der Waals surface area contributed by atoms with Crippen LogP contribution in [0.4, 0.5) is 0 Å². The summed E-state index contributed by atoms with van der Waals surface area (Å²) in [7, 11) is 0. The van der Waals surface area contributed by atoms with Crippen molar-refractivity contribution in [2.24, 2.45) is 5.11 Å². The lowest BCUT2D eigenvalue weighted by molar-refractivity contribution is -0.146. The van der Waals surface area contributed by atoms with E-state index in [0.717, 1.165) is 36.8 Å². The summed E-state index contributed by atoms with van der Waals surface area (Å²) in [6.07, 6.45) is 3.65. The molecular formula is C20H28BrN3O3. The van der Waals surface area contributed by atoms with Crippen LogP contribution in [0.5, 0.6) is 0 Å². The Morgan fingerprint density at radius 1 is 1.33 bits per heavy atom. The summed E-state index contributed by atoms with van der Waals surface area (Å²) in [5.41, 5.74) is 10.1. The molecule has 7 heteroatoms. The zero-order valence-electron chi connectivity index (χ0n) is 16.3. The van der Waals surface area contributed by atoms with Crippen LogP contribution in [0.2, 0.25) is 0 Å². The predicted octanol–water partition coefficient (Wildman–Crippen LogP) is 5.41. The Hall–Kier alpha value is -1.85. The van der Waals surface area contributed by atoms with Crippen molar-refractivity contribution < 1.29 is 14.3 Å². The van der Waals surface area contributed by atoms with E-state index in [0.29, 0.717) is 11.8 Å². The van der Waals surface area contributed by atoms with Crippen LogP contribution in [0.3, 0.4) is 0 Å². The van der Waals surface area contributed by atoms with Gasteiger partial charge in [-0.05, 0) is 44.2 Å². The van der Waals surface area contributed by atoms with Crippen molar-refractivity contribution in [1.82, 2.24) is 0 Å². The number of nitrogens with zero attached hydrogens (tertiary/aromatic N) is 3. The highest BCUT2D eigenvalue weighted by Crippen LogP contribution is 2.32. The lowest BCUT2D eigenvalue weighted by Crippen LogP contribution is -2.33. The Labute approximate surface area is 169 Å². The molecule has 0 spiro atoms. The number of aryl methyl sites for hydroxylation is 1. The van der Waals surface area contributed by atoms with Crippen molar-refractivity contribution in [3.63, 3.8) is 0 Å². The van der Waals surface area contributed by atoms with Crippen LogP contribution >= 0.6 is 15.9 Å². The van der Waals surface area contributed by atoms with Crippen LogP contribution in [0.1, 0.15) is 57.1 Å². The molecule has 1 aromatic rings. The smallest absolute Gasteiger partial charge is 0.302 e. The van der Waals surface area contributed by atoms with Crippen molar-refractivity contribution in [2.75, 3.05) is 11.9 Å². The number of Topliss-reactive ketones (excluding diaryl/α,β-unsaturated/α-hetero) is 1. The Morgan fingerprint density at radius 2 is 2.07 bits per heavy atom. The van der Waals surface area contributed by atoms with Crippen LogP contribution in [0.25, 0.3) is 10.4 Å². The van der Waals surface area contributed by atoms with E-state index in [9.17, 15) is 9.59 Å². The highest BCUT2D eigenvalue weighted by Gasteiger charge is 2.33. The van der Waals surface area contributed by atoms with Crippen LogP contribution < -0.4 is 0 Å². The largest absolute Gasteiger partial charge is 0.462 e. The molecule has 0 amide bonds. The topological polar surface area (TPSA) is 92.1 Å². The summed E-state index contributed by atoms with van der Waals surface area (Å²) in [5.74, 6) is -0.197. The molecule has 0 bridgehead atoms. The first-order valence-corrected chi connectivity index (χ1v) is 10.3. The van der Waals surface area contributed by atoms with Crippen molar-refractivity contribution in [3.8, 4) is 0 Å². The minimum atomic E-state index is -0.518. The summed E-state index contributed by atoms with van der Waals surface area (Å²) in [6.45, 7) is 5.54. The SMILES string of the molecule is CC(=O)OC(CCCCCC(C)(C(=O)CBr)c1cccc(C)c1)CN=[N+]=[N-]. The maximum Gasteiger partial charge on any atom is 0.302 e. The molecule has 0 N–H and O–H groups in total. The average molecular weight is 438 g/mol. The van der Waals surface area contributed by atoms with Crippen LogP contribution in [-0.4, -0.2) is 29.7 Å². The normalized spacial score (nSPS) is 13.9. The molecule has 0 saturated heterocycles. The maximum absolute atomic E-state index is 12.6. The van der Waals surface area contributed by atoms with Gasteiger partial charge in [0, 0.05) is 11.8 Å². The first-order chi connectivity index (χ1) is 12.8. The third-order valence-corrected chi connectivity index (χ3v) is 5.29. The number of benzene rings is 1. The number of hydrogen-bond donors (Lipinski definition) is 0. The monoisotopic (exact) mass is 437 g/mol. The summed E-state index contributed by atoms with van der Waals surface area (Å²) < 4.78 is 5.17. The van der Waals surface area contributed by atoms with E-state index in [1.165, 1.54) is 6.92 Å². The zero-order chi connectivity index (χ0) is 20.3. The molecular weight excluding hydrogens is 410 g/mol. The van der Waals surface area contributed by atoms with Gasteiger partial charge in [0.2, 0.25) is 0 Å². The zero-order valence-corrected chi connectivity index (χ0v) is 17.9. The fourth-order valence-electron chi connectivity index (χ4n) is 3.16. The highest BCUT2D eigenvalue weighted by atomic mass is 79.9. The number of rotatable bonds is 12. The van der Waals surface area contributed by atoms with Crippen molar-refractivity contribution >= 4 is 27.7 Å². The number of halogens is 1. The molecule has 148 valence electrons. The van der Waals surface area contributed by atoms with E-state index >= 15 is 0 Å². The molecule has 0 fully saturated rings. The minimum Gasteiger partial charge on any atom is -0.462 e. The standard InChI is InChI=1S/C20H28BrN3O3/c1-15-8-7-9-17(12-15)20(3,19(26)13-21)11-6-4-5-10-18(14-23-24-22)27-16(2)25/h7-9,12,18H,4-6,10-11,13-14H2,1-3H3. The van der Waals surface area contributed by atoms with E-state index < -0.39 is 5.41 Å². The number of carbonyl (C=O) groups is 2. The third-order valence-electron chi connectivity index (χ3n) is 4.78. The van der Waals surface area contributed by atoms with Crippen LogP contribution in [0, 0.1) is 6.92 Å². The van der Waals surface area contributed by atoms with E-state index in [4.69, 9.17) is 10.3 Å². The van der Waals surface area contributed by atoms with E-state index in [1.807, 2.05) is 32.0 Å². The molecule has 27 heavy (non-hydrogen) atoms. The third kappa shape index (κ3) is 7.73. The van der Waals surface area contributed by atoms with Gasteiger partial charge in [-0.1, -0.05) is 63.7 Å². The Bertz CT molecular complexity index is 685. The van der Waals surface area contributed by atoms with Gasteiger partial charge in [-0.2, -0.15) is 0 Å². The number of hydrogen-bond acceptors (Lipinski definition) is 4. The number of alkyl halides is 1. The Morgan fingerprint density at radius 3 is 2.67 bits per heavy atom. The fraction of sp³-hybridized carbons (Fsp3) is 0.600. The Balaban J connectivity index is 2.62. The van der Waals surface area contributed by atoms with E-state index in [-0.39, 0.29) is 24.4 Å². The highest BCUT2D eigenvalue weighted by molar-refractivity contribution is 9.09. The number of carbonyl (C=O) groups excluding carboxylic acids is 2. The molecule has 0 aliphatic rings. The first kappa shape index (κ1) is 23.2. The molecule has 0 saturated carbocycles. The molecule has 6 nitrogen and oxygen atoms in total. The molecule has 0 aliphatic carbocycles. The lowest BCUT2D eigenvalue weighted by atomic mass is 9.74. The van der Waals surface area contributed by atoms with E-state index in [1.54, 1.807) is 0 Å². The van der Waals surface area contributed by atoms with Gasteiger partial charge in [-0.25, -0.2) is 0 Å². The number of azide groups is 1. The maximum atomic E-state index is 12.6. The average Bonchev–Trinajstić information content (AvgIpc) is 2.64. The van der Waals surface area contributed by atoms with Gasteiger partial charge in [0.25, 0.3) is 0 Å². The van der Waals surface area contributed by atoms with Crippen molar-refractivity contribution in [1.29, 1.82) is 0 Å². The van der Waals surface area contributed by atoms with Gasteiger partial charge in [0.1, 0.15) is 6.10 Å². The van der Waals surface area contributed by atoms with Gasteiger partial charge in [-0.3, -0.25) is 9.59 Å². The summed E-state index contributed by atoms with van der Waals surface area (Å²) in [6, 6.07) is 8.12. The number of esters is 1. The molecule has 0 aromatic heterocycles. The van der Waals surface area contributed by atoms with Gasteiger partial charge < -0.3 is 4.74 Å². The molecule has 0 radical (unpaired) electrons. The van der Waals surface area contributed by atoms with E-state index in [2.05, 4.69) is 32.0 Å². The second-order valence-corrected chi connectivity index (χ2v) is 7.56. The Kier molecular flexibility index (Phi) is 10.1. The van der Waals surface area contributed by atoms with Crippen LogP contribution in [0.15, 0.2) is 29.4 Å². The quantitative estimate of drug-likeness (QED) is 0.109. The second kappa shape index (κ2) is 11.8. The minimum absolute atomic E-state index is 0.152. The summed E-state index contributed by atoms with van der Waals surface area (Å²) in [4.78, 5) is 26.5. The molecule has 2 unspecified atom stereocenters. The van der Waals surface area contributed by atoms with Crippen molar-refractivity contribution in [3.05, 3.63) is 45.8 Å². The number of ketones is 1.